The van der Waals surface area contributed by atoms with Crippen LogP contribution in [0.5, 0.6) is 0 Å². The summed E-state index contributed by atoms with van der Waals surface area (Å²) in [4.78, 5) is 34.1. The Labute approximate surface area is 224 Å². The van der Waals surface area contributed by atoms with Crippen molar-refractivity contribution in [1.82, 2.24) is 14.8 Å². The van der Waals surface area contributed by atoms with E-state index < -0.39 is 6.03 Å². The Hall–Kier alpha value is -3.72. The highest BCUT2D eigenvalue weighted by atomic mass is 35.5. The third kappa shape index (κ3) is 6.17. The van der Waals surface area contributed by atoms with Gasteiger partial charge in [-0.05, 0) is 29.3 Å². The van der Waals surface area contributed by atoms with Gasteiger partial charge in [-0.25, -0.2) is 9.78 Å². The van der Waals surface area contributed by atoms with E-state index in [9.17, 15) is 9.59 Å². The maximum absolute atomic E-state index is 13.2. The lowest BCUT2D eigenvalue weighted by atomic mass is 9.96. The average Bonchev–Trinajstić information content (AvgIpc) is 3.38. The van der Waals surface area contributed by atoms with Gasteiger partial charge in [0.15, 0.2) is 5.13 Å². The molecule has 0 spiro atoms. The summed E-state index contributed by atoms with van der Waals surface area (Å²) in [6.45, 7) is 2.70. The minimum atomic E-state index is -0.447. The molecule has 7 nitrogen and oxygen atoms in total. The minimum Gasteiger partial charge on any atom is -0.335 e. The van der Waals surface area contributed by atoms with Crippen molar-refractivity contribution in [2.24, 2.45) is 0 Å². The second-order valence-corrected chi connectivity index (χ2v) is 9.97. The topological polar surface area (TPSA) is 77.6 Å². The number of hydrogen-bond donors (Lipinski definition) is 2. The number of benzene rings is 3. The summed E-state index contributed by atoms with van der Waals surface area (Å²) in [5.41, 5.74) is 3.37. The van der Waals surface area contributed by atoms with Crippen LogP contribution in [-0.4, -0.2) is 52.9 Å². The van der Waals surface area contributed by atoms with Gasteiger partial charge < -0.3 is 10.2 Å². The second-order valence-electron chi connectivity index (χ2n) is 8.68. The molecule has 4 aromatic rings. The van der Waals surface area contributed by atoms with Crippen LogP contribution >= 0.6 is 22.9 Å². The third-order valence-corrected chi connectivity index (χ3v) is 7.22. The summed E-state index contributed by atoms with van der Waals surface area (Å²) < 4.78 is 0. The Morgan fingerprint density at radius 1 is 0.838 bits per heavy atom. The summed E-state index contributed by atoms with van der Waals surface area (Å²) in [5.74, 6) is -0.129. The van der Waals surface area contributed by atoms with Crippen molar-refractivity contribution in [3.63, 3.8) is 0 Å². The molecule has 3 aromatic carbocycles. The molecule has 2 heterocycles. The smallest absolute Gasteiger partial charge is 0.325 e. The zero-order valence-corrected chi connectivity index (χ0v) is 21.6. The Bertz CT molecular complexity index is 1320. The van der Waals surface area contributed by atoms with Crippen molar-refractivity contribution in [2.75, 3.05) is 36.8 Å². The molecule has 5 rings (SSSR count). The summed E-state index contributed by atoms with van der Waals surface area (Å²) in [5, 5.41) is 7.95. The lowest BCUT2D eigenvalue weighted by Gasteiger charge is -2.39. The summed E-state index contributed by atoms with van der Waals surface area (Å²) >= 11 is 7.18. The Morgan fingerprint density at radius 3 is 2.11 bits per heavy atom. The largest absolute Gasteiger partial charge is 0.335 e. The molecule has 1 aliphatic heterocycles. The number of halogens is 1. The van der Waals surface area contributed by atoms with Gasteiger partial charge in [-0.1, -0.05) is 78.3 Å². The van der Waals surface area contributed by atoms with Gasteiger partial charge >= 0.3 is 6.03 Å². The minimum absolute atomic E-state index is 0.129. The van der Waals surface area contributed by atoms with Crippen molar-refractivity contribution in [3.8, 4) is 0 Å². The first kappa shape index (κ1) is 25.0. The highest BCUT2D eigenvalue weighted by Gasteiger charge is 2.29. The maximum atomic E-state index is 13.2. The molecule has 37 heavy (non-hydrogen) atoms. The Kier molecular flexibility index (Phi) is 7.79. The van der Waals surface area contributed by atoms with Gasteiger partial charge in [0.1, 0.15) is 5.69 Å². The van der Waals surface area contributed by atoms with Crippen molar-refractivity contribution in [1.29, 1.82) is 0 Å². The first-order valence-corrected chi connectivity index (χ1v) is 13.2. The average molecular weight is 532 g/mol. The van der Waals surface area contributed by atoms with Gasteiger partial charge in [0.25, 0.3) is 5.91 Å². The van der Waals surface area contributed by atoms with Gasteiger partial charge in [-0.3, -0.25) is 15.0 Å². The molecule has 0 aliphatic carbocycles. The van der Waals surface area contributed by atoms with Crippen LogP contribution in [-0.2, 0) is 0 Å². The first-order chi connectivity index (χ1) is 18.1. The number of hydrogen-bond acceptors (Lipinski definition) is 5. The molecule has 188 valence electrons. The summed E-state index contributed by atoms with van der Waals surface area (Å²) in [6, 6.07) is 27.5. The van der Waals surface area contributed by atoms with Crippen LogP contribution in [0.2, 0.25) is 5.02 Å². The third-order valence-electron chi connectivity index (χ3n) is 6.22. The second kappa shape index (κ2) is 11.6. The van der Waals surface area contributed by atoms with Crippen LogP contribution in [0.1, 0.15) is 27.7 Å². The summed E-state index contributed by atoms with van der Waals surface area (Å²) in [7, 11) is 0. The molecule has 2 N–H and O–H groups in total. The number of nitrogens with zero attached hydrogens (tertiary/aromatic N) is 3. The number of carbonyl (C=O) groups is 2. The lowest BCUT2D eigenvalue weighted by Crippen LogP contribution is -2.50. The van der Waals surface area contributed by atoms with Crippen molar-refractivity contribution in [2.45, 2.75) is 6.04 Å². The van der Waals surface area contributed by atoms with Crippen LogP contribution in [0.25, 0.3) is 0 Å². The number of urea groups is 1. The molecule has 1 saturated heterocycles. The fraction of sp³-hybridized carbons (Fsp3) is 0.179. The van der Waals surface area contributed by atoms with E-state index in [1.165, 1.54) is 22.5 Å². The molecule has 0 unspecified atom stereocenters. The molecule has 1 aliphatic rings. The van der Waals surface area contributed by atoms with Crippen LogP contribution in [0.15, 0.2) is 90.3 Å². The first-order valence-electron chi connectivity index (χ1n) is 12.0. The quantitative estimate of drug-likeness (QED) is 0.320. The van der Waals surface area contributed by atoms with E-state index in [-0.39, 0.29) is 11.9 Å². The van der Waals surface area contributed by atoms with Crippen LogP contribution in [0.4, 0.5) is 15.6 Å². The molecular formula is C28H26ClN5O2S. The van der Waals surface area contributed by atoms with Gasteiger partial charge in [-0.15, -0.1) is 11.3 Å². The molecular weight excluding hydrogens is 506 g/mol. The molecule has 0 radical (unpaired) electrons. The van der Waals surface area contributed by atoms with E-state index in [0.717, 1.165) is 13.1 Å². The fourth-order valence-electron chi connectivity index (χ4n) is 4.49. The number of thiazole rings is 1. The van der Waals surface area contributed by atoms with Gasteiger partial charge in [-0.2, -0.15) is 0 Å². The highest BCUT2D eigenvalue weighted by Crippen LogP contribution is 2.30. The monoisotopic (exact) mass is 531 g/mol. The van der Waals surface area contributed by atoms with Gasteiger partial charge in [0.05, 0.1) is 6.04 Å². The number of piperazine rings is 1. The molecule has 9 heteroatoms. The van der Waals surface area contributed by atoms with Crippen LogP contribution in [0, 0.1) is 0 Å². The van der Waals surface area contributed by atoms with E-state index in [2.05, 4.69) is 69.0 Å². The van der Waals surface area contributed by atoms with Crippen molar-refractivity contribution < 1.29 is 9.59 Å². The number of amides is 3. The predicted molar refractivity (Wildman–Crippen MR) is 148 cm³/mol. The maximum Gasteiger partial charge on any atom is 0.325 e. The van der Waals surface area contributed by atoms with Crippen molar-refractivity contribution in [3.05, 3.63) is 112 Å². The van der Waals surface area contributed by atoms with Crippen LogP contribution in [0.3, 0.4) is 0 Å². The van der Waals surface area contributed by atoms with E-state index in [1.807, 2.05) is 17.0 Å². The summed E-state index contributed by atoms with van der Waals surface area (Å²) in [6.07, 6.45) is 0. The Morgan fingerprint density at radius 2 is 1.49 bits per heavy atom. The number of rotatable bonds is 6. The zero-order valence-electron chi connectivity index (χ0n) is 20.0. The molecule has 0 saturated carbocycles. The van der Waals surface area contributed by atoms with Crippen LogP contribution < -0.4 is 10.6 Å². The number of nitrogens with one attached hydrogen (secondary N) is 2. The normalized spacial score (nSPS) is 13.9. The predicted octanol–water partition coefficient (Wildman–Crippen LogP) is 5.99. The number of carbonyl (C=O) groups excluding carboxylic acids is 2. The Balaban J connectivity index is 1.20. The highest BCUT2D eigenvalue weighted by molar-refractivity contribution is 7.14. The standard InChI is InChI=1S/C28H26ClN5O2S/c29-22-12-7-13-23(18-22)30-27(36)32-28-31-24(19-37-28)26(35)34-16-14-33(15-17-34)25(20-8-3-1-4-9-20)21-10-5-2-6-11-21/h1-13,18-19,25H,14-17H2,(H2,30,31,32,36). The molecule has 0 atom stereocenters. The van der Waals surface area contributed by atoms with Crippen molar-refractivity contribution >= 4 is 45.7 Å². The van der Waals surface area contributed by atoms with Gasteiger partial charge in [0, 0.05) is 42.3 Å². The zero-order chi connectivity index (χ0) is 25.6. The van der Waals surface area contributed by atoms with E-state index in [1.54, 1.807) is 29.6 Å². The lowest BCUT2D eigenvalue weighted by molar-refractivity contribution is 0.0592. The van der Waals surface area contributed by atoms with E-state index >= 15 is 0 Å². The van der Waals surface area contributed by atoms with E-state index in [4.69, 9.17) is 11.6 Å². The molecule has 1 aromatic heterocycles. The fourth-order valence-corrected chi connectivity index (χ4v) is 5.35. The number of anilines is 2. The SMILES string of the molecule is O=C(Nc1cccc(Cl)c1)Nc1nc(C(=O)N2CCN(C(c3ccccc3)c3ccccc3)CC2)cs1. The molecule has 0 bridgehead atoms. The van der Waals surface area contributed by atoms with Gasteiger partial charge in [0.2, 0.25) is 0 Å². The molecule has 3 amide bonds. The molecule has 1 fully saturated rings. The van der Waals surface area contributed by atoms with E-state index in [0.29, 0.717) is 34.6 Å². The number of aromatic nitrogens is 1.